The number of rotatable bonds is 3. The average molecular weight is 296 g/mol. The summed E-state index contributed by atoms with van der Waals surface area (Å²) in [4.78, 5) is 0. The molecule has 2 rings (SSSR count). The quantitative estimate of drug-likeness (QED) is 0.877. The molecule has 0 unspecified atom stereocenters. The summed E-state index contributed by atoms with van der Waals surface area (Å²) in [5.74, 6) is 1.33. The van der Waals surface area contributed by atoms with E-state index in [1.807, 2.05) is 44.2 Å². The number of nitrogens with two attached hydrogens (primary N) is 1. The number of hydrogen-bond donors (Lipinski definition) is 1. The van der Waals surface area contributed by atoms with Crippen molar-refractivity contribution in [2.24, 2.45) is 5.73 Å². The Morgan fingerprint density at radius 1 is 1.05 bits per heavy atom. The van der Waals surface area contributed by atoms with Gasteiger partial charge in [0.05, 0.1) is 5.02 Å². The maximum atomic E-state index is 6.16. The first-order valence-corrected chi connectivity index (χ1v) is 6.70. The van der Waals surface area contributed by atoms with E-state index in [0.717, 1.165) is 27.5 Å². The lowest BCUT2D eigenvalue weighted by Crippen LogP contribution is -1.96. The summed E-state index contributed by atoms with van der Waals surface area (Å²) < 4.78 is 5.79. The van der Waals surface area contributed by atoms with E-state index in [4.69, 9.17) is 33.7 Å². The molecule has 2 aromatic carbocycles. The van der Waals surface area contributed by atoms with Crippen LogP contribution in [0.2, 0.25) is 10.0 Å². The summed E-state index contributed by atoms with van der Waals surface area (Å²) in [6.45, 7) is 4.35. The van der Waals surface area contributed by atoms with Crippen LogP contribution in [0, 0.1) is 13.8 Å². The van der Waals surface area contributed by atoms with E-state index in [9.17, 15) is 0 Å². The van der Waals surface area contributed by atoms with Gasteiger partial charge in [-0.1, -0.05) is 29.3 Å². The Kier molecular flexibility index (Phi) is 4.35. The van der Waals surface area contributed by atoms with Crippen LogP contribution in [0.4, 0.5) is 0 Å². The van der Waals surface area contributed by atoms with Gasteiger partial charge in [0.1, 0.15) is 11.5 Å². The minimum atomic E-state index is 0.458. The zero-order valence-electron chi connectivity index (χ0n) is 10.8. The number of halogens is 2. The highest BCUT2D eigenvalue weighted by Crippen LogP contribution is 2.33. The second-order valence-corrected chi connectivity index (χ2v) is 5.23. The molecule has 0 bridgehead atoms. The predicted octanol–water partition coefficient (Wildman–Crippen LogP) is 4.86. The summed E-state index contributed by atoms with van der Waals surface area (Å²) in [6.07, 6.45) is 0. The molecule has 0 saturated carbocycles. The smallest absolute Gasteiger partial charge is 0.146 e. The lowest BCUT2D eigenvalue weighted by atomic mass is 10.1. The van der Waals surface area contributed by atoms with Gasteiger partial charge in [0.2, 0.25) is 0 Å². The molecule has 0 aliphatic carbocycles. The van der Waals surface area contributed by atoms with Gasteiger partial charge in [-0.15, -0.1) is 0 Å². The fraction of sp³-hybridized carbons (Fsp3) is 0.200. The minimum Gasteiger partial charge on any atom is -0.456 e. The van der Waals surface area contributed by atoms with Crippen LogP contribution < -0.4 is 10.5 Å². The lowest BCUT2D eigenvalue weighted by molar-refractivity contribution is 0.482. The average Bonchev–Trinajstić information content (AvgIpc) is 2.38. The Morgan fingerprint density at radius 2 is 1.68 bits per heavy atom. The summed E-state index contributed by atoms with van der Waals surface area (Å²) in [5, 5.41) is 1.31. The summed E-state index contributed by atoms with van der Waals surface area (Å²) >= 11 is 12.3. The van der Waals surface area contributed by atoms with Crippen molar-refractivity contribution in [2.75, 3.05) is 0 Å². The maximum Gasteiger partial charge on any atom is 0.146 e. The highest BCUT2D eigenvalue weighted by molar-refractivity contribution is 6.32. The molecule has 0 saturated heterocycles. The molecule has 2 aromatic rings. The van der Waals surface area contributed by atoms with E-state index in [2.05, 4.69) is 0 Å². The topological polar surface area (TPSA) is 35.2 Å². The van der Waals surface area contributed by atoms with Gasteiger partial charge in [0.15, 0.2) is 0 Å². The number of aryl methyl sites for hydroxylation is 2. The normalized spacial score (nSPS) is 10.6. The van der Waals surface area contributed by atoms with Crippen LogP contribution in [0.1, 0.15) is 16.7 Å². The van der Waals surface area contributed by atoms with Crippen LogP contribution in [0.5, 0.6) is 11.5 Å². The maximum absolute atomic E-state index is 6.16. The zero-order chi connectivity index (χ0) is 14.0. The molecule has 0 aliphatic heterocycles. The third-order valence-electron chi connectivity index (χ3n) is 2.87. The Hall–Kier alpha value is -1.22. The van der Waals surface area contributed by atoms with E-state index in [-0.39, 0.29) is 0 Å². The van der Waals surface area contributed by atoms with Gasteiger partial charge in [0.25, 0.3) is 0 Å². The van der Waals surface area contributed by atoms with E-state index >= 15 is 0 Å². The summed E-state index contributed by atoms with van der Waals surface area (Å²) in [6, 6.07) is 9.32. The van der Waals surface area contributed by atoms with Crippen molar-refractivity contribution in [3.05, 3.63) is 57.1 Å². The Labute approximate surface area is 123 Å². The molecule has 4 heteroatoms. The zero-order valence-corrected chi connectivity index (χ0v) is 12.3. The standard InChI is InChI=1S/C15H15Cl2NO/c1-9-5-12(6-10(2)15(9)17)19-14-4-3-11(8-18)7-13(14)16/h3-7H,8,18H2,1-2H3. The Balaban J connectivity index is 2.31. The molecule has 19 heavy (non-hydrogen) atoms. The third kappa shape index (κ3) is 3.21. The minimum absolute atomic E-state index is 0.458. The molecule has 2 nitrogen and oxygen atoms in total. The van der Waals surface area contributed by atoms with Gasteiger partial charge >= 0.3 is 0 Å². The molecule has 0 amide bonds. The molecule has 0 aromatic heterocycles. The molecule has 0 atom stereocenters. The molecular weight excluding hydrogens is 281 g/mol. The van der Waals surface area contributed by atoms with Crippen LogP contribution in [0.3, 0.4) is 0 Å². The second kappa shape index (κ2) is 5.83. The third-order valence-corrected chi connectivity index (χ3v) is 3.76. The van der Waals surface area contributed by atoms with Gasteiger partial charge in [-0.05, 0) is 54.8 Å². The van der Waals surface area contributed by atoms with Crippen molar-refractivity contribution in [1.29, 1.82) is 0 Å². The van der Waals surface area contributed by atoms with Crippen molar-refractivity contribution >= 4 is 23.2 Å². The number of benzene rings is 2. The van der Waals surface area contributed by atoms with E-state index in [1.165, 1.54) is 0 Å². The van der Waals surface area contributed by atoms with Gasteiger partial charge in [-0.2, -0.15) is 0 Å². The first kappa shape index (κ1) is 14.2. The Bertz CT molecular complexity index is 588. The van der Waals surface area contributed by atoms with Crippen molar-refractivity contribution in [2.45, 2.75) is 20.4 Å². The van der Waals surface area contributed by atoms with Crippen LogP contribution in [0.25, 0.3) is 0 Å². The van der Waals surface area contributed by atoms with Gasteiger partial charge < -0.3 is 10.5 Å². The van der Waals surface area contributed by atoms with Crippen molar-refractivity contribution in [1.82, 2.24) is 0 Å². The molecule has 0 aliphatic rings. The number of hydrogen-bond acceptors (Lipinski definition) is 2. The predicted molar refractivity (Wildman–Crippen MR) is 80.3 cm³/mol. The van der Waals surface area contributed by atoms with Crippen LogP contribution in [0.15, 0.2) is 30.3 Å². The van der Waals surface area contributed by atoms with Gasteiger partial charge in [-0.25, -0.2) is 0 Å². The SMILES string of the molecule is Cc1cc(Oc2ccc(CN)cc2Cl)cc(C)c1Cl. The van der Waals surface area contributed by atoms with E-state index < -0.39 is 0 Å². The van der Waals surface area contributed by atoms with Gasteiger partial charge in [-0.3, -0.25) is 0 Å². The van der Waals surface area contributed by atoms with E-state index in [0.29, 0.717) is 17.3 Å². The fourth-order valence-electron chi connectivity index (χ4n) is 1.85. The monoisotopic (exact) mass is 295 g/mol. The molecule has 2 N–H and O–H groups in total. The summed E-state index contributed by atoms with van der Waals surface area (Å²) in [5.41, 5.74) is 8.49. The Morgan fingerprint density at radius 3 is 2.21 bits per heavy atom. The molecule has 0 radical (unpaired) electrons. The number of ether oxygens (including phenoxy) is 1. The van der Waals surface area contributed by atoms with Crippen LogP contribution in [-0.2, 0) is 6.54 Å². The first-order chi connectivity index (χ1) is 9.01. The van der Waals surface area contributed by atoms with Crippen molar-refractivity contribution in [3.63, 3.8) is 0 Å². The van der Waals surface area contributed by atoms with E-state index in [1.54, 1.807) is 0 Å². The lowest BCUT2D eigenvalue weighted by Gasteiger charge is -2.11. The van der Waals surface area contributed by atoms with Crippen LogP contribution in [-0.4, -0.2) is 0 Å². The highest BCUT2D eigenvalue weighted by atomic mass is 35.5. The fourth-order valence-corrected chi connectivity index (χ4v) is 2.20. The molecular formula is C15H15Cl2NO. The first-order valence-electron chi connectivity index (χ1n) is 5.94. The molecule has 0 heterocycles. The molecule has 100 valence electrons. The van der Waals surface area contributed by atoms with Crippen LogP contribution >= 0.6 is 23.2 Å². The molecule has 0 fully saturated rings. The van der Waals surface area contributed by atoms with Crippen molar-refractivity contribution < 1.29 is 4.74 Å². The summed E-state index contributed by atoms with van der Waals surface area (Å²) in [7, 11) is 0. The van der Waals surface area contributed by atoms with Gasteiger partial charge in [0, 0.05) is 11.6 Å². The largest absolute Gasteiger partial charge is 0.456 e. The highest BCUT2D eigenvalue weighted by Gasteiger charge is 2.07. The molecule has 0 spiro atoms. The van der Waals surface area contributed by atoms with Crippen molar-refractivity contribution in [3.8, 4) is 11.5 Å². The second-order valence-electron chi connectivity index (χ2n) is 4.44.